The van der Waals surface area contributed by atoms with Gasteiger partial charge in [0.05, 0.1) is 22.0 Å². The first kappa shape index (κ1) is 17.7. The smallest absolute Gasteiger partial charge is 0.0738 e. The van der Waals surface area contributed by atoms with Gasteiger partial charge in [-0.2, -0.15) is 5.10 Å². The molecule has 0 fully saturated rings. The SMILES string of the molecule is CCCNC(Cc1c(Br)c(C)nn1CC)C(C)OCC. The van der Waals surface area contributed by atoms with E-state index in [0.717, 1.165) is 42.7 Å². The van der Waals surface area contributed by atoms with Crippen LogP contribution in [0, 0.1) is 6.92 Å². The Labute approximate surface area is 131 Å². The topological polar surface area (TPSA) is 39.1 Å². The molecule has 0 aromatic carbocycles. The molecule has 1 rings (SSSR count). The summed E-state index contributed by atoms with van der Waals surface area (Å²) in [5.41, 5.74) is 2.31. The Hall–Kier alpha value is -0.390. The van der Waals surface area contributed by atoms with Crippen molar-refractivity contribution in [3.63, 3.8) is 0 Å². The molecule has 0 aliphatic rings. The fourth-order valence-corrected chi connectivity index (χ4v) is 2.83. The highest BCUT2D eigenvalue weighted by atomic mass is 79.9. The molecule has 116 valence electrons. The van der Waals surface area contributed by atoms with Crippen LogP contribution in [-0.2, 0) is 17.7 Å². The summed E-state index contributed by atoms with van der Waals surface area (Å²) in [7, 11) is 0. The minimum Gasteiger partial charge on any atom is -0.377 e. The predicted molar refractivity (Wildman–Crippen MR) is 87.2 cm³/mol. The first-order chi connectivity index (χ1) is 9.54. The Kier molecular flexibility index (Phi) is 7.77. The minimum atomic E-state index is 0.193. The number of hydrogen-bond acceptors (Lipinski definition) is 3. The van der Waals surface area contributed by atoms with Gasteiger partial charge >= 0.3 is 0 Å². The van der Waals surface area contributed by atoms with E-state index in [9.17, 15) is 0 Å². The summed E-state index contributed by atoms with van der Waals surface area (Å²) in [6.07, 6.45) is 2.25. The maximum Gasteiger partial charge on any atom is 0.0738 e. The molecule has 20 heavy (non-hydrogen) atoms. The predicted octanol–water partition coefficient (Wildman–Crippen LogP) is 3.31. The number of halogens is 1. The molecule has 1 aromatic heterocycles. The third kappa shape index (κ3) is 4.57. The van der Waals surface area contributed by atoms with Crippen LogP contribution in [0.3, 0.4) is 0 Å². The van der Waals surface area contributed by atoms with Crippen molar-refractivity contribution >= 4 is 15.9 Å². The summed E-state index contributed by atoms with van der Waals surface area (Å²) in [5, 5.41) is 8.17. The average Bonchev–Trinajstić information content (AvgIpc) is 2.70. The van der Waals surface area contributed by atoms with Crippen LogP contribution in [0.15, 0.2) is 4.47 Å². The van der Waals surface area contributed by atoms with Crippen LogP contribution in [0.1, 0.15) is 45.5 Å². The molecule has 1 heterocycles. The lowest BCUT2D eigenvalue weighted by Crippen LogP contribution is -2.42. The zero-order valence-corrected chi connectivity index (χ0v) is 15.0. The van der Waals surface area contributed by atoms with Gasteiger partial charge < -0.3 is 10.1 Å². The summed E-state index contributed by atoms with van der Waals surface area (Å²) >= 11 is 3.67. The molecular formula is C15H28BrN3O. The molecular weight excluding hydrogens is 318 g/mol. The highest BCUT2D eigenvalue weighted by Crippen LogP contribution is 2.23. The molecule has 4 nitrogen and oxygen atoms in total. The molecule has 2 atom stereocenters. The Morgan fingerprint density at radius 1 is 1.35 bits per heavy atom. The second-order valence-corrected chi connectivity index (χ2v) is 5.88. The molecule has 2 unspecified atom stereocenters. The summed E-state index contributed by atoms with van der Waals surface area (Å²) in [6.45, 7) is 13.2. The number of rotatable bonds is 9. The monoisotopic (exact) mass is 345 g/mol. The van der Waals surface area contributed by atoms with Gasteiger partial charge in [0.25, 0.3) is 0 Å². The van der Waals surface area contributed by atoms with E-state index in [0.29, 0.717) is 6.04 Å². The standard InChI is InChI=1S/C15H28BrN3O/c1-6-9-17-13(12(5)20-8-3)10-14-15(16)11(4)18-19(14)7-2/h12-13,17H,6-10H2,1-5H3. The summed E-state index contributed by atoms with van der Waals surface area (Å²) in [5.74, 6) is 0. The lowest BCUT2D eigenvalue weighted by Gasteiger charge is -2.25. The fourth-order valence-electron chi connectivity index (χ4n) is 2.39. The number of nitrogens with zero attached hydrogens (tertiary/aromatic N) is 2. The zero-order valence-electron chi connectivity index (χ0n) is 13.4. The van der Waals surface area contributed by atoms with Gasteiger partial charge in [0.1, 0.15) is 0 Å². The number of nitrogens with one attached hydrogen (secondary N) is 1. The number of aryl methyl sites for hydroxylation is 2. The largest absolute Gasteiger partial charge is 0.377 e. The molecule has 0 aliphatic heterocycles. The fraction of sp³-hybridized carbons (Fsp3) is 0.800. The zero-order chi connectivity index (χ0) is 15.1. The van der Waals surface area contributed by atoms with Crippen LogP contribution in [0.5, 0.6) is 0 Å². The molecule has 0 saturated heterocycles. The molecule has 0 spiro atoms. The summed E-state index contributed by atoms with van der Waals surface area (Å²) < 4.78 is 9.00. The Morgan fingerprint density at radius 2 is 2.05 bits per heavy atom. The third-order valence-corrected chi connectivity index (χ3v) is 4.55. The van der Waals surface area contributed by atoms with Crippen LogP contribution in [0.4, 0.5) is 0 Å². The van der Waals surface area contributed by atoms with Gasteiger partial charge in [-0.1, -0.05) is 6.92 Å². The van der Waals surface area contributed by atoms with E-state index in [1.54, 1.807) is 0 Å². The van der Waals surface area contributed by atoms with Crippen LogP contribution in [-0.4, -0.2) is 35.1 Å². The summed E-state index contributed by atoms with van der Waals surface area (Å²) in [6, 6.07) is 0.313. The number of ether oxygens (including phenoxy) is 1. The highest BCUT2D eigenvalue weighted by molar-refractivity contribution is 9.10. The lowest BCUT2D eigenvalue weighted by atomic mass is 10.1. The number of aromatic nitrogens is 2. The van der Waals surface area contributed by atoms with E-state index in [4.69, 9.17) is 4.74 Å². The van der Waals surface area contributed by atoms with Crippen molar-refractivity contribution in [3.8, 4) is 0 Å². The van der Waals surface area contributed by atoms with Crippen molar-refractivity contribution in [1.29, 1.82) is 0 Å². The van der Waals surface area contributed by atoms with Crippen molar-refractivity contribution in [2.24, 2.45) is 0 Å². The van der Waals surface area contributed by atoms with E-state index in [-0.39, 0.29) is 6.10 Å². The molecule has 0 aliphatic carbocycles. The van der Waals surface area contributed by atoms with Crippen LogP contribution in [0.2, 0.25) is 0 Å². The second-order valence-electron chi connectivity index (χ2n) is 5.09. The van der Waals surface area contributed by atoms with Gasteiger partial charge in [0.2, 0.25) is 0 Å². The first-order valence-corrected chi connectivity index (χ1v) is 8.41. The van der Waals surface area contributed by atoms with Gasteiger partial charge in [-0.05, 0) is 56.6 Å². The summed E-state index contributed by atoms with van der Waals surface area (Å²) in [4.78, 5) is 0. The molecule has 0 saturated carbocycles. The van der Waals surface area contributed by atoms with E-state index in [2.05, 4.69) is 51.8 Å². The Bertz CT molecular complexity index is 406. The van der Waals surface area contributed by atoms with E-state index >= 15 is 0 Å². The van der Waals surface area contributed by atoms with Crippen LogP contribution < -0.4 is 5.32 Å². The van der Waals surface area contributed by atoms with Gasteiger partial charge in [0, 0.05) is 25.6 Å². The van der Waals surface area contributed by atoms with Gasteiger partial charge in [-0.25, -0.2) is 0 Å². The quantitative estimate of drug-likeness (QED) is 0.746. The first-order valence-electron chi connectivity index (χ1n) is 7.61. The molecule has 1 N–H and O–H groups in total. The van der Waals surface area contributed by atoms with Crippen LogP contribution in [0.25, 0.3) is 0 Å². The maximum absolute atomic E-state index is 5.79. The highest BCUT2D eigenvalue weighted by Gasteiger charge is 2.22. The van der Waals surface area contributed by atoms with Crippen molar-refractivity contribution < 1.29 is 4.74 Å². The van der Waals surface area contributed by atoms with Gasteiger partial charge in [-0.3, -0.25) is 4.68 Å². The Balaban J connectivity index is 2.87. The number of hydrogen-bond donors (Lipinski definition) is 1. The van der Waals surface area contributed by atoms with Gasteiger partial charge in [0.15, 0.2) is 0 Å². The molecule has 5 heteroatoms. The van der Waals surface area contributed by atoms with Gasteiger partial charge in [-0.15, -0.1) is 0 Å². The van der Waals surface area contributed by atoms with Crippen molar-refractivity contribution in [1.82, 2.24) is 15.1 Å². The van der Waals surface area contributed by atoms with Crippen molar-refractivity contribution in [3.05, 3.63) is 15.9 Å². The maximum atomic E-state index is 5.79. The van der Waals surface area contributed by atoms with E-state index < -0.39 is 0 Å². The minimum absolute atomic E-state index is 0.193. The molecule has 0 amide bonds. The van der Waals surface area contributed by atoms with Crippen LogP contribution >= 0.6 is 15.9 Å². The average molecular weight is 346 g/mol. The molecule has 0 bridgehead atoms. The Morgan fingerprint density at radius 3 is 2.60 bits per heavy atom. The van der Waals surface area contributed by atoms with Crippen molar-refractivity contribution in [2.75, 3.05) is 13.2 Å². The normalized spacial score (nSPS) is 14.5. The second kappa shape index (κ2) is 8.80. The molecule has 0 radical (unpaired) electrons. The lowest BCUT2D eigenvalue weighted by molar-refractivity contribution is 0.0471. The van der Waals surface area contributed by atoms with E-state index in [1.165, 1.54) is 5.69 Å². The van der Waals surface area contributed by atoms with E-state index in [1.807, 2.05) is 13.8 Å². The van der Waals surface area contributed by atoms with Crippen molar-refractivity contribution in [2.45, 2.75) is 66.2 Å². The molecule has 1 aromatic rings. The third-order valence-electron chi connectivity index (χ3n) is 3.52.